The van der Waals surface area contributed by atoms with Gasteiger partial charge in [-0.15, -0.1) is 0 Å². The van der Waals surface area contributed by atoms with Crippen LogP contribution in [0.1, 0.15) is 225 Å². The standard InChI is InChI=1S/C87H150N12O24/c1-79(2,3)115-70(103)91-40-31-43-97(76(109)121-85(19,20)21)55-52-94(73(106)118-82(10,11)12)37-28-34-88(46-49-91)67(100)61-112-64-58-65(113-62-68(101)89-35-29-38-95(74(107)119-83(13,14)15)53-56-98(77(110)122-86(22,23)24)44-32-41-92(50-47-89)71(104)116-80(4,5)6)60-66(59-64)114-63-69(102)90-36-30-39-96(75(108)120-84(16,17)18)54-57-99(78(111)123-87(25,26)27)45-33-42-93(51-48-90)72(105)117-81(7,8)9/h58-60H,28-57,61-63H2,1-27H3. The topological polar surface area (TPSA) is 354 Å². The van der Waals surface area contributed by atoms with Crippen molar-refractivity contribution < 1.29 is 114 Å². The molecule has 0 aliphatic carbocycles. The number of ether oxygens (including phenoxy) is 12. The van der Waals surface area contributed by atoms with E-state index in [9.17, 15) is 43.2 Å². The number of carbonyl (C=O) groups excluding carboxylic acids is 12. The Hall–Kier alpha value is -9.54. The van der Waals surface area contributed by atoms with E-state index in [1.165, 1.54) is 77.0 Å². The summed E-state index contributed by atoms with van der Waals surface area (Å²) in [4.78, 5) is 188. The maximum absolute atomic E-state index is 15.0. The van der Waals surface area contributed by atoms with Gasteiger partial charge in [0.05, 0.1) is 0 Å². The molecule has 3 saturated heterocycles. The summed E-state index contributed by atoms with van der Waals surface area (Å²) in [6.07, 6.45) is -4.45. The molecule has 36 heteroatoms. The SMILES string of the molecule is CC(C)(C)OC(=O)N1CCCN(C(=O)OC(C)(C)C)CCN(C(=O)OC(C)(C)C)CCCN(C(=O)COc2cc(OCC(=O)N3CCCN(C(=O)OC(C)(C)C)CCN(C(=O)OC(C)(C)C)CCCN(C(=O)OC(C)(C)C)CC3)cc(OCC(=O)N3CCCN(C(=O)OC(C)(C)C)CCN(C(=O)OC(C)(C)C)CCCN(C(=O)OC(C)(C)C)CC3)c2)CC1. The van der Waals surface area contributed by atoms with E-state index in [-0.39, 0.29) is 213 Å². The monoisotopic (exact) mass is 1750 g/mol. The molecule has 36 nitrogen and oxygen atoms in total. The van der Waals surface area contributed by atoms with E-state index >= 15 is 14.4 Å². The van der Waals surface area contributed by atoms with Gasteiger partial charge >= 0.3 is 54.8 Å². The Morgan fingerprint density at radius 2 is 0.293 bits per heavy atom. The van der Waals surface area contributed by atoms with Crippen LogP contribution in [-0.2, 0) is 57.0 Å². The van der Waals surface area contributed by atoms with Crippen LogP contribution >= 0.6 is 0 Å². The van der Waals surface area contributed by atoms with Gasteiger partial charge in [-0.3, -0.25) is 14.4 Å². The van der Waals surface area contributed by atoms with Gasteiger partial charge in [-0.1, -0.05) is 0 Å². The fraction of sp³-hybridized carbons (Fsp3) is 0.793. The van der Waals surface area contributed by atoms with Crippen molar-refractivity contribution in [3.8, 4) is 17.2 Å². The molecular formula is C87H150N12O24. The quantitative estimate of drug-likeness (QED) is 0.207. The number of amides is 12. The Morgan fingerprint density at radius 3 is 0.407 bits per heavy atom. The maximum Gasteiger partial charge on any atom is 0.410 e. The smallest absolute Gasteiger partial charge is 0.410 e. The van der Waals surface area contributed by atoms with Crippen LogP contribution in [0.2, 0.25) is 0 Å². The van der Waals surface area contributed by atoms with E-state index in [4.69, 9.17) is 56.8 Å². The average Bonchev–Trinajstić information content (AvgIpc) is 0.868. The fourth-order valence-corrected chi connectivity index (χ4v) is 12.3. The minimum Gasteiger partial charge on any atom is -0.483 e. The first kappa shape index (κ1) is 106. The number of nitrogens with zero attached hydrogens (tertiary/aromatic N) is 12. The highest BCUT2D eigenvalue weighted by Crippen LogP contribution is 2.30. The number of hydrogen-bond acceptors (Lipinski definition) is 24. The van der Waals surface area contributed by atoms with Crippen LogP contribution in [0.25, 0.3) is 0 Å². The highest BCUT2D eigenvalue weighted by molar-refractivity contribution is 5.80. The largest absolute Gasteiger partial charge is 0.483 e. The van der Waals surface area contributed by atoms with Gasteiger partial charge in [-0.05, 0) is 225 Å². The molecule has 12 amide bonds. The molecule has 0 spiro atoms. The van der Waals surface area contributed by atoms with Gasteiger partial charge in [0.1, 0.15) is 67.7 Å². The fourth-order valence-electron chi connectivity index (χ4n) is 12.3. The van der Waals surface area contributed by atoms with Gasteiger partial charge in [-0.25, -0.2) is 43.2 Å². The highest BCUT2D eigenvalue weighted by atomic mass is 16.6. The van der Waals surface area contributed by atoms with E-state index in [1.807, 2.05) is 0 Å². The third-order valence-corrected chi connectivity index (χ3v) is 17.8. The zero-order chi connectivity index (χ0) is 93.0. The molecule has 0 atom stereocenters. The Balaban J connectivity index is 1.87. The van der Waals surface area contributed by atoms with Crippen molar-refractivity contribution in [3.63, 3.8) is 0 Å². The van der Waals surface area contributed by atoms with Gasteiger partial charge in [0.25, 0.3) is 17.7 Å². The molecule has 0 aromatic heterocycles. The lowest BCUT2D eigenvalue weighted by molar-refractivity contribution is -0.134. The molecule has 1 aromatic rings. The van der Waals surface area contributed by atoms with Crippen LogP contribution in [0.5, 0.6) is 17.2 Å². The second kappa shape index (κ2) is 46.4. The predicted octanol–water partition coefficient (Wildman–Crippen LogP) is 12.8. The molecule has 3 fully saturated rings. The molecule has 0 saturated carbocycles. The van der Waals surface area contributed by atoms with Crippen molar-refractivity contribution >= 4 is 72.6 Å². The highest BCUT2D eigenvalue weighted by Gasteiger charge is 2.36. The number of carbonyl (C=O) groups is 12. The van der Waals surface area contributed by atoms with Crippen LogP contribution < -0.4 is 14.2 Å². The van der Waals surface area contributed by atoms with Crippen molar-refractivity contribution in [3.05, 3.63) is 18.2 Å². The summed E-state index contributed by atoms with van der Waals surface area (Å²) >= 11 is 0. The molecule has 0 radical (unpaired) electrons. The summed E-state index contributed by atoms with van der Waals surface area (Å²) in [6.45, 7) is 45.8. The number of hydrogen-bond donors (Lipinski definition) is 0. The molecule has 123 heavy (non-hydrogen) atoms. The zero-order valence-corrected chi connectivity index (χ0v) is 79.2. The van der Waals surface area contributed by atoms with Crippen molar-refractivity contribution in [2.75, 3.05) is 177 Å². The minimum absolute atomic E-state index is 0.0245. The normalized spacial score (nSPS) is 17.2. The van der Waals surface area contributed by atoms with Crippen LogP contribution in [-0.4, -0.2) is 359 Å². The number of benzene rings is 1. The van der Waals surface area contributed by atoms with E-state index in [0.29, 0.717) is 0 Å². The molecular weight excluding hydrogens is 1600 g/mol. The minimum atomic E-state index is -0.910. The average molecular weight is 1750 g/mol. The second-order valence-corrected chi connectivity index (χ2v) is 40.0. The summed E-state index contributed by atoms with van der Waals surface area (Å²) < 4.78 is 71.7. The summed E-state index contributed by atoms with van der Waals surface area (Å²) in [5, 5.41) is 0. The van der Waals surface area contributed by atoms with Crippen molar-refractivity contribution in [2.45, 2.75) is 276 Å². The van der Waals surface area contributed by atoms with Crippen LogP contribution in [0.3, 0.4) is 0 Å². The van der Waals surface area contributed by atoms with Crippen molar-refractivity contribution in [1.29, 1.82) is 0 Å². The Kier molecular flexibility index (Phi) is 39.9. The zero-order valence-electron chi connectivity index (χ0n) is 79.2. The van der Waals surface area contributed by atoms with Gasteiger partial charge < -0.3 is 116 Å². The first-order chi connectivity index (χ1) is 56.5. The summed E-state index contributed by atoms with van der Waals surface area (Å²) in [5.74, 6) is -1.79. The molecule has 0 N–H and O–H groups in total. The lowest BCUT2D eigenvalue weighted by Gasteiger charge is -2.34. The Labute approximate surface area is 730 Å². The summed E-state index contributed by atoms with van der Waals surface area (Å²) in [5.41, 5.74) is -7.94. The van der Waals surface area contributed by atoms with E-state index in [0.717, 1.165) is 0 Å². The predicted molar refractivity (Wildman–Crippen MR) is 461 cm³/mol. The van der Waals surface area contributed by atoms with Gasteiger partial charge in [0.15, 0.2) is 19.8 Å². The first-order valence-corrected chi connectivity index (χ1v) is 43.2. The molecule has 1 aromatic carbocycles. The van der Waals surface area contributed by atoms with Crippen molar-refractivity contribution in [1.82, 2.24) is 58.8 Å². The summed E-state index contributed by atoms with van der Waals surface area (Å²) in [7, 11) is 0. The summed E-state index contributed by atoms with van der Waals surface area (Å²) in [6, 6.07) is 4.26. The molecule has 3 aliphatic heterocycles. The molecule has 4 rings (SSSR count). The first-order valence-electron chi connectivity index (χ1n) is 43.2. The van der Waals surface area contributed by atoms with E-state index < -0.39 is 143 Å². The van der Waals surface area contributed by atoms with Crippen LogP contribution in [0, 0.1) is 0 Å². The Bertz CT molecular complexity index is 3250. The molecule has 3 aliphatic rings. The molecule has 0 bridgehead atoms. The Morgan fingerprint density at radius 1 is 0.187 bits per heavy atom. The molecule has 0 unspecified atom stereocenters. The lowest BCUT2D eigenvalue weighted by atomic mass is 10.2. The number of rotatable bonds is 9. The van der Waals surface area contributed by atoms with Gasteiger partial charge in [0.2, 0.25) is 0 Å². The third kappa shape index (κ3) is 44.1. The van der Waals surface area contributed by atoms with Crippen LogP contribution in [0.15, 0.2) is 18.2 Å². The van der Waals surface area contributed by atoms with Gasteiger partial charge in [0, 0.05) is 175 Å². The van der Waals surface area contributed by atoms with Gasteiger partial charge in [-0.2, -0.15) is 0 Å². The maximum atomic E-state index is 15.0. The lowest BCUT2D eigenvalue weighted by Crippen LogP contribution is -2.48. The molecule has 3 heterocycles. The van der Waals surface area contributed by atoms with Crippen molar-refractivity contribution in [2.24, 2.45) is 0 Å². The third-order valence-electron chi connectivity index (χ3n) is 17.8. The van der Waals surface area contributed by atoms with Crippen LogP contribution in [0.4, 0.5) is 43.2 Å². The molecule has 702 valence electrons. The second-order valence-electron chi connectivity index (χ2n) is 40.0. The van der Waals surface area contributed by atoms with E-state index in [2.05, 4.69) is 0 Å². The van der Waals surface area contributed by atoms with E-state index in [1.54, 1.807) is 187 Å².